The molecule has 0 aliphatic carbocycles. The van der Waals surface area contributed by atoms with E-state index in [0.29, 0.717) is 10.9 Å². The summed E-state index contributed by atoms with van der Waals surface area (Å²) in [6.07, 6.45) is 1.68. The summed E-state index contributed by atoms with van der Waals surface area (Å²) in [7, 11) is 1.68. The molecule has 0 atom stereocenters. The minimum atomic E-state index is -0.721. The second kappa shape index (κ2) is 3.98. The van der Waals surface area contributed by atoms with Crippen molar-refractivity contribution in [1.29, 1.82) is 0 Å². The summed E-state index contributed by atoms with van der Waals surface area (Å²) in [5.41, 5.74) is 5.80. The fourth-order valence-corrected chi connectivity index (χ4v) is 1.51. The van der Waals surface area contributed by atoms with Crippen LogP contribution in [-0.4, -0.2) is 0 Å². The molecule has 2 aromatic rings. The maximum Gasteiger partial charge on any atom is 0.250 e. The maximum absolute atomic E-state index is 13.4. The summed E-state index contributed by atoms with van der Waals surface area (Å²) in [4.78, 5) is 0. The number of hydrogen-bond acceptors (Lipinski definition) is 1. The second-order valence-electron chi connectivity index (χ2n) is 3.14. The molecule has 80 valence electrons. The first-order chi connectivity index (χ1) is 6.61. The van der Waals surface area contributed by atoms with Crippen LogP contribution < -0.4 is 22.7 Å². The predicted molar refractivity (Wildman–Crippen MR) is 49.5 cm³/mol. The molecule has 2 N–H and O–H groups in total. The lowest BCUT2D eigenvalue weighted by atomic mass is 10.1. The zero-order chi connectivity index (χ0) is 10.3. The van der Waals surface area contributed by atoms with Crippen LogP contribution in [-0.2, 0) is 7.05 Å². The third-order valence-corrected chi connectivity index (χ3v) is 2.21. The van der Waals surface area contributed by atoms with Crippen molar-refractivity contribution in [2.75, 3.05) is 5.73 Å². The van der Waals surface area contributed by atoms with E-state index in [0.717, 1.165) is 6.07 Å². The Morgan fingerprint density at radius 3 is 2.60 bits per heavy atom. The van der Waals surface area contributed by atoms with Gasteiger partial charge in [0.2, 0.25) is 0 Å². The monoisotopic (exact) mass is 230 g/mol. The van der Waals surface area contributed by atoms with Crippen LogP contribution in [0.15, 0.2) is 24.4 Å². The Hall–Kier alpha value is -1.42. The number of benzene rings is 1. The quantitative estimate of drug-likeness (QED) is 0.435. The van der Waals surface area contributed by atoms with Crippen LogP contribution in [0.2, 0.25) is 0 Å². The molecule has 0 spiro atoms. The number of nitrogen functional groups attached to an aromatic ring is 1. The minimum absolute atomic E-state index is 0. The molecule has 2 rings (SSSR count). The number of nitrogens with two attached hydrogens (primary N) is 1. The number of aromatic nitrogens is 1. The van der Waals surface area contributed by atoms with Gasteiger partial charge in [-0.25, -0.2) is 4.39 Å². The fourth-order valence-electron chi connectivity index (χ4n) is 1.51. The van der Waals surface area contributed by atoms with E-state index in [2.05, 4.69) is 0 Å². The Kier molecular flexibility index (Phi) is 3.09. The van der Waals surface area contributed by atoms with Crippen molar-refractivity contribution in [3.8, 4) is 0 Å². The van der Waals surface area contributed by atoms with Crippen molar-refractivity contribution in [2.24, 2.45) is 7.05 Å². The zero-order valence-corrected chi connectivity index (χ0v) is 8.72. The van der Waals surface area contributed by atoms with E-state index >= 15 is 0 Å². The van der Waals surface area contributed by atoms with Gasteiger partial charge in [0.05, 0.1) is 11.1 Å². The third-order valence-electron chi connectivity index (χ3n) is 2.21. The van der Waals surface area contributed by atoms with Crippen molar-refractivity contribution >= 4 is 16.6 Å². The van der Waals surface area contributed by atoms with Crippen molar-refractivity contribution in [3.63, 3.8) is 0 Å². The van der Waals surface area contributed by atoms with E-state index in [1.165, 1.54) is 0 Å². The molecule has 2 nitrogen and oxygen atoms in total. The SMILES string of the molecule is C[n+]1cccc2c(N)c(F)cc(F)c21.[Cl-]. The molecule has 15 heavy (non-hydrogen) atoms. The summed E-state index contributed by atoms with van der Waals surface area (Å²) < 4.78 is 28.0. The standard InChI is InChI=1S/C10H8F2N2.ClH/c1-14-4-2-3-6-9(13)7(11)5-8(12)10(6)14;/h2-5,13H,1H3;1H. The van der Waals surface area contributed by atoms with Crippen LogP contribution in [0.4, 0.5) is 14.5 Å². The van der Waals surface area contributed by atoms with Gasteiger partial charge in [0.1, 0.15) is 12.9 Å². The highest BCUT2D eigenvalue weighted by atomic mass is 35.5. The van der Waals surface area contributed by atoms with Crippen molar-refractivity contribution in [3.05, 3.63) is 36.0 Å². The first-order valence-corrected chi connectivity index (χ1v) is 4.13. The third kappa shape index (κ3) is 1.72. The Labute approximate surface area is 91.7 Å². The van der Waals surface area contributed by atoms with Crippen molar-refractivity contribution in [2.45, 2.75) is 0 Å². The van der Waals surface area contributed by atoms with Crippen LogP contribution in [0.25, 0.3) is 10.9 Å². The average Bonchev–Trinajstić information content (AvgIpc) is 2.14. The molecule has 1 aromatic carbocycles. The maximum atomic E-state index is 13.4. The van der Waals surface area contributed by atoms with Gasteiger partial charge in [-0.3, -0.25) is 0 Å². The molecule has 0 saturated carbocycles. The number of hydrogen-bond donors (Lipinski definition) is 1. The topological polar surface area (TPSA) is 29.9 Å². The highest BCUT2D eigenvalue weighted by molar-refractivity contribution is 5.88. The number of nitrogens with zero attached hydrogens (tertiary/aromatic N) is 1. The van der Waals surface area contributed by atoms with Gasteiger partial charge in [-0.2, -0.15) is 8.96 Å². The van der Waals surface area contributed by atoms with Crippen LogP contribution in [0.3, 0.4) is 0 Å². The van der Waals surface area contributed by atoms with E-state index in [1.807, 2.05) is 0 Å². The number of anilines is 1. The molecule has 0 radical (unpaired) electrons. The molecule has 0 amide bonds. The molecule has 0 aliphatic rings. The zero-order valence-electron chi connectivity index (χ0n) is 7.97. The fraction of sp³-hybridized carbons (Fsp3) is 0.100. The van der Waals surface area contributed by atoms with Gasteiger partial charge in [0, 0.05) is 12.1 Å². The summed E-state index contributed by atoms with van der Waals surface area (Å²) in [6.45, 7) is 0. The van der Waals surface area contributed by atoms with Gasteiger partial charge in [0.25, 0.3) is 5.52 Å². The van der Waals surface area contributed by atoms with Crippen LogP contribution in [0.5, 0.6) is 0 Å². The van der Waals surface area contributed by atoms with E-state index in [4.69, 9.17) is 5.73 Å². The molecule has 0 aliphatic heterocycles. The van der Waals surface area contributed by atoms with Gasteiger partial charge in [-0.1, -0.05) is 0 Å². The number of aryl methyl sites for hydroxylation is 1. The summed E-state index contributed by atoms with van der Waals surface area (Å²) in [5.74, 6) is -1.32. The van der Waals surface area contributed by atoms with E-state index < -0.39 is 11.6 Å². The molecular weight excluding hydrogens is 222 g/mol. The van der Waals surface area contributed by atoms with Gasteiger partial charge in [0.15, 0.2) is 12.0 Å². The highest BCUT2D eigenvalue weighted by Crippen LogP contribution is 2.23. The molecule has 0 fully saturated rings. The predicted octanol–water partition coefficient (Wildman–Crippen LogP) is -1.47. The lowest BCUT2D eigenvalue weighted by Crippen LogP contribution is -3.00. The molecule has 5 heteroatoms. The Morgan fingerprint density at radius 2 is 1.93 bits per heavy atom. The number of fused-ring (bicyclic) bond motifs is 1. The highest BCUT2D eigenvalue weighted by Gasteiger charge is 2.16. The Bertz CT molecular complexity index is 514. The Balaban J connectivity index is 0.00000112. The Morgan fingerprint density at radius 1 is 1.27 bits per heavy atom. The molecule has 0 saturated heterocycles. The van der Waals surface area contributed by atoms with E-state index in [-0.39, 0.29) is 18.1 Å². The van der Waals surface area contributed by atoms with Crippen molar-refractivity contribution < 1.29 is 25.8 Å². The normalized spacial score (nSPS) is 10.1. The van der Waals surface area contributed by atoms with Gasteiger partial charge < -0.3 is 18.1 Å². The number of rotatable bonds is 0. The lowest BCUT2D eigenvalue weighted by Gasteiger charge is -2.02. The smallest absolute Gasteiger partial charge is 0.250 e. The number of halogens is 3. The van der Waals surface area contributed by atoms with Crippen LogP contribution in [0.1, 0.15) is 0 Å². The second-order valence-corrected chi connectivity index (χ2v) is 3.14. The minimum Gasteiger partial charge on any atom is -1.00 e. The number of pyridine rings is 1. The molecular formula is C10H9ClF2N2. The van der Waals surface area contributed by atoms with E-state index in [9.17, 15) is 8.78 Å². The lowest BCUT2D eigenvalue weighted by molar-refractivity contribution is -0.645. The van der Waals surface area contributed by atoms with Crippen molar-refractivity contribution in [1.82, 2.24) is 0 Å². The van der Waals surface area contributed by atoms with Crippen LogP contribution >= 0.6 is 0 Å². The molecule has 1 heterocycles. The first-order valence-electron chi connectivity index (χ1n) is 4.13. The molecule has 0 unspecified atom stereocenters. The summed E-state index contributed by atoms with van der Waals surface area (Å²) in [6, 6.07) is 4.09. The van der Waals surface area contributed by atoms with Gasteiger partial charge in [-0.15, -0.1) is 0 Å². The molecule has 1 aromatic heterocycles. The first kappa shape index (κ1) is 11.7. The van der Waals surface area contributed by atoms with E-state index in [1.54, 1.807) is 29.9 Å². The largest absolute Gasteiger partial charge is 1.00 e. The van der Waals surface area contributed by atoms with Gasteiger partial charge >= 0.3 is 0 Å². The summed E-state index contributed by atoms with van der Waals surface area (Å²) >= 11 is 0. The van der Waals surface area contributed by atoms with Gasteiger partial charge in [-0.05, 0) is 6.07 Å². The molecule has 0 bridgehead atoms. The average molecular weight is 231 g/mol. The summed E-state index contributed by atoms with van der Waals surface area (Å²) in [5, 5.41) is 0.396. The van der Waals surface area contributed by atoms with Crippen LogP contribution in [0, 0.1) is 11.6 Å².